The van der Waals surface area contributed by atoms with Crippen molar-refractivity contribution in [1.82, 2.24) is 9.13 Å². The van der Waals surface area contributed by atoms with E-state index in [1.165, 1.54) is 76.9 Å². The number of rotatable bonds is 11. The minimum atomic E-state index is -0.417. The molecule has 2 aliphatic heterocycles. The summed E-state index contributed by atoms with van der Waals surface area (Å²) >= 11 is 0. The Kier molecular flexibility index (Phi) is 18.2. The van der Waals surface area contributed by atoms with Gasteiger partial charge in [-0.15, -0.1) is 0 Å². The number of benzene rings is 15. The predicted octanol–water partition coefficient (Wildman–Crippen LogP) is 28.9. The molecule has 2 aromatic heterocycles. The van der Waals surface area contributed by atoms with Gasteiger partial charge >= 0.3 is 0 Å². The van der Waals surface area contributed by atoms with Crippen molar-refractivity contribution in [3.8, 4) is 84.2 Å². The molecule has 0 fully saturated rings. The molecule has 15 aromatic carbocycles. The first kappa shape index (κ1) is 76.1. The molecule has 6 heteroatoms. The van der Waals surface area contributed by atoms with Gasteiger partial charge in [-0.25, -0.2) is 0 Å². The van der Waals surface area contributed by atoms with Crippen molar-refractivity contribution in [3.05, 3.63) is 354 Å². The molecular weight excluding hydrogens is 1440 g/mol. The van der Waals surface area contributed by atoms with Gasteiger partial charge in [-0.1, -0.05) is 329 Å². The van der Waals surface area contributed by atoms with E-state index in [9.17, 15) is 5.26 Å². The molecular formula is C113H102BN5. The third-order valence-corrected chi connectivity index (χ3v) is 25.4. The number of aromatic nitrogens is 2. The number of nitrogens with zero attached hydrogens (tertiary/aromatic N) is 5. The number of fused-ring (bicyclic) bond motifs is 10. The normalized spacial score (nSPS) is 13.0. The smallest absolute Gasteiger partial charge is 0.252 e. The summed E-state index contributed by atoms with van der Waals surface area (Å²) in [6.45, 7) is 37.2. The van der Waals surface area contributed by atoms with Crippen LogP contribution in [0.1, 0.15) is 150 Å². The largest absolute Gasteiger partial charge is 0.310 e. The third kappa shape index (κ3) is 13.2. The first-order chi connectivity index (χ1) is 57.1. The summed E-state index contributed by atoms with van der Waals surface area (Å²) in [5.74, 6) is 0. The second-order valence-electron chi connectivity index (χ2n) is 38.4. The van der Waals surface area contributed by atoms with E-state index < -0.39 is 5.41 Å². The van der Waals surface area contributed by atoms with Crippen LogP contribution in [0.3, 0.4) is 0 Å². The SMILES string of the molecule is CCc1cccc(-c2cc(-c3cccc(C(C)(C)C)c3)c(N3c4cc(-n5c6ccccc6c6ccccc65)ccc4B4c5ccc(-n6c7ccccc7c7ccccc76)cc5N(c5c(-c6cccc(C(C)(C)C)c6)cc(-c6cccc(C#N)c6)cc5-c5cccc(C(C)(C)C)c5)c5cc(C(C)(C)C)cc3c54)c(-c3cccc(C(C)(C)C)c3)c2)c1. The van der Waals surface area contributed by atoms with Crippen molar-refractivity contribution in [2.24, 2.45) is 0 Å². The van der Waals surface area contributed by atoms with E-state index in [-0.39, 0.29) is 28.4 Å². The number of nitriles is 1. The van der Waals surface area contributed by atoms with Gasteiger partial charge in [-0.05, 0) is 225 Å². The summed E-state index contributed by atoms with van der Waals surface area (Å²) < 4.78 is 5.02. The zero-order valence-electron chi connectivity index (χ0n) is 71.5. The molecule has 119 heavy (non-hydrogen) atoms. The molecule has 582 valence electrons. The van der Waals surface area contributed by atoms with Gasteiger partial charge in [0.05, 0.1) is 45.1 Å². The number of para-hydroxylation sites is 4. The van der Waals surface area contributed by atoms with E-state index in [0.29, 0.717) is 5.56 Å². The lowest BCUT2D eigenvalue weighted by atomic mass is 9.33. The van der Waals surface area contributed by atoms with Crippen molar-refractivity contribution in [2.75, 3.05) is 9.80 Å². The second kappa shape index (κ2) is 28.4. The van der Waals surface area contributed by atoms with Gasteiger partial charge in [0.15, 0.2) is 0 Å². The van der Waals surface area contributed by atoms with Gasteiger partial charge in [-0.3, -0.25) is 0 Å². The summed E-state index contributed by atoms with van der Waals surface area (Å²) in [5.41, 5.74) is 37.1. The molecule has 0 saturated carbocycles. The Morgan fingerprint density at radius 1 is 0.277 bits per heavy atom. The molecule has 17 aromatic rings. The van der Waals surface area contributed by atoms with Crippen molar-refractivity contribution >= 4 is 101 Å². The average molecular weight is 1540 g/mol. The van der Waals surface area contributed by atoms with E-state index in [1.54, 1.807) is 0 Å². The molecule has 4 heterocycles. The van der Waals surface area contributed by atoms with Crippen LogP contribution < -0.4 is 26.2 Å². The van der Waals surface area contributed by atoms with Crippen LogP contribution in [-0.4, -0.2) is 15.8 Å². The van der Waals surface area contributed by atoms with Crippen molar-refractivity contribution in [3.63, 3.8) is 0 Å². The van der Waals surface area contributed by atoms with Gasteiger partial charge in [0.2, 0.25) is 0 Å². The van der Waals surface area contributed by atoms with Gasteiger partial charge in [0, 0.05) is 77.9 Å². The van der Waals surface area contributed by atoms with Crippen LogP contribution in [0.2, 0.25) is 0 Å². The van der Waals surface area contributed by atoms with Crippen LogP contribution >= 0.6 is 0 Å². The van der Waals surface area contributed by atoms with Crippen molar-refractivity contribution in [2.45, 2.75) is 144 Å². The molecule has 0 spiro atoms. The fourth-order valence-electron chi connectivity index (χ4n) is 18.9. The van der Waals surface area contributed by atoms with Gasteiger partial charge < -0.3 is 18.9 Å². The quantitative estimate of drug-likeness (QED) is 0.121. The highest BCUT2D eigenvalue weighted by molar-refractivity contribution is 7.00. The monoisotopic (exact) mass is 1540 g/mol. The Balaban J connectivity index is 1.03. The summed E-state index contributed by atoms with van der Waals surface area (Å²) in [4.78, 5) is 5.51. The molecule has 0 N–H and O–H groups in total. The summed E-state index contributed by atoms with van der Waals surface area (Å²) in [5, 5.41) is 15.6. The number of aryl methyl sites for hydroxylation is 1. The Morgan fingerprint density at radius 2 is 0.597 bits per heavy atom. The Labute approximate surface area is 703 Å². The van der Waals surface area contributed by atoms with Crippen LogP contribution in [0.5, 0.6) is 0 Å². The maximum absolute atomic E-state index is 10.8. The minimum absolute atomic E-state index is 0.174. The molecule has 0 amide bonds. The van der Waals surface area contributed by atoms with Crippen molar-refractivity contribution in [1.29, 1.82) is 5.26 Å². The first-order valence-corrected chi connectivity index (χ1v) is 42.5. The van der Waals surface area contributed by atoms with Crippen LogP contribution in [0.4, 0.5) is 34.1 Å². The highest BCUT2D eigenvalue weighted by Gasteiger charge is 2.47. The molecule has 0 unspecified atom stereocenters. The number of hydrogen-bond donors (Lipinski definition) is 0. The standard InChI is InChI=1S/C113H102BN5/c1-17-71-32-26-34-73(56-71)79-62-92(75-36-28-40-81(58-75)109(2,3)4)107(93(63-79)76-37-29-41-82(59-76)110(5,6)7)118-102-68-86(116-98-48-22-18-44-88(98)89-45-19-23-49-99(89)116)52-54-96(102)114-97-55-53-87(117-100-50-24-20-46-90(100)91-47-21-25-51-101(91)117)69-103(97)119(105-67-85(113(14,15)16)66-104(118)106(105)114)108-94(77-38-30-42-83(60-77)111(8,9)10)64-80(74-35-27-33-72(57-74)70-115)65-95(108)78-39-31-43-84(61-78)112(11,12)13/h18-69H,17H2,1-16H3. The molecule has 0 radical (unpaired) electrons. The van der Waals surface area contributed by atoms with Crippen LogP contribution in [-0.2, 0) is 33.5 Å². The molecule has 5 nitrogen and oxygen atoms in total. The van der Waals surface area contributed by atoms with Crippen LogP contribution in [0.25, 0.3) is 122 Å². The second-order valence-corrected chi connectivity index (χ2v) is 38.4. The lowest BCUT2D eigenvalue weighted by Crippen LogP contribution is -2.61. The van der Waals surface area contributed by atoms with Crippen molar-refractivity contribution < 1.29 is 0 Å². The maximum Gasteiger partial charge on any atom is 0.252 e. The summed E-state index contributed by atoms with van der Waals surface area (Å²) in [6.07, 6.45) is 0.916. The fourth-order valence-corrected chi connectivity index (χ4v) is 18.9. The highest BCUT2D eigenvalue weighted by atomic mass is 15.2. The van der Waals surface area contributed by atoms with E-state index >= 15 is 0 Å². The Bertz CT molecular complexity index is 6740. The highest BCUT2D eigenvalue weighted by Crippen LogP contribution is 2.57. The lowest BCUT2D eigenvalue weighted by molar-refractivity contribution is 0.590. The van der Waals surface area contributed by atoms with E-state index in [4.69, 9.17) is 0 Å². The van der Waals surface area contributed by atoms with Crippen LogP contribution in [0.15, 0.2) is 315 Å². The van der Waals surface area contributed by atoms with Crippen LogP contribution in [0, 0.1) is 11.3 Å². The molecule has 0 bridgehead atoms. The van der Waals surface area contributed by atoms with Gasteiger partial charge in [-0.2, -0.15) is 5.26 Å². The Hall–Kier alpha value is -12.9. The molecule has 0 atom stereocenters. The summed E-state index contributed by atoms with van der Waals surface area (Å²) in [6, 6.07) is 124. The van der Waals surface area contributed by atoms with Gasteiger partial charge in [0.25, 0.3) is 6.71 Å². The zero-order valence-corrected chi connectivity index (χ0v) is 71.5. The minimum Gasteiger partial charge on any atom is -0.310 e. The molecule has 2 aliphatic rings. The van der Waals surface area contributed by atoms with Gasteiger partial charge in [0.1, 0.15) is 0 Å². The predicted molar refractivity (Wildman–Crippen MR) is 509 cm³/mol. The Morgan fingerprint density at radius 3 is 0.933 bits per heavy atom. The third-order valence-electron chi connectivity index (χ3n) is 25.4. The fraction of sp³-hybridized carbons (Fsp3) is 0.195. The number of anilines is 6. The first-order valence-electron chi connectivity index (χ1n) is 42.5. The zero-order chi connectivity index (χ0) is 82.5. The van der Waals surface area contributed by atoms with E-state index in [0.717, 1.165) is 135 Å². The molecule has 0 saturated heterocycles. The number of hydrogen-bond acceptors (Lipinski definition) is 3. The topological polar surface area (TPSA) is 40.1 Å². The molecule has 0 aliphatic carbocycles. The molecule has 19 rings (SSSR count). The summed E-state index contributed by atoms with van der Waals surface area (Å²) in [7, 11) is 0. The lowest BCUT2D eigenvalue weighted by Gasteiger charge is -2.46. The maximum atomic E-state index is 10.8. The average Bonchev–Trinajstić information content (AvgIpc) is 1.17. The van der Waals surface area contributed by atoms with E-state index in [2.05, 4.69) is 439 Å². The van der Waals surface area contributed by atoms with E-state index in [1.807, 2.05) is 12.1 Å².